The van der Waals surface area contributed by atoms with Crippen molar-refractivity contribution in [2.24, 2.45) is 0 Å². The number of carbonyl (C=O) groups is 4. The Kier molecular flexibility index (Phi) is 8.60. The van der Waals surface area contributed by atoms with E-state index in [0.29, 0.717) is 0 Å². The lowest BCUT2D eigenvalue weighted by atomic mass is 10.1. The number of carbonyl (C=O) groups excluding carboxylic acids is 4. The van der Waals surface area contributed by atoms with Crippen molar-refractivity contribution in [2.45, 2.75) is 24.9 Å². The van der Waals surface area contributed by atoms with E-state index in [1.807, 2.05) is 0 Å². The summed E-state index contributed by atoms with van der Waals surface area (Å²) in [6, 6.07) is 8.79. The van der Waals surface area contributed by atoms with Crippen molar-refractivity contribution >= 4 is 24.8 Å². The Hall–Kier alpha value is -2.98. The Morgan fingerprint density at radius 2 is 1.96 bits per heavy atom. The third-order valence-corrected chi connectivity index (χ3v) is 3.09. The highest BCUT2D eigenvalue weighted by Crippen LogP contribution is 2.06. The van der Waals surface area contributed by atoms with E-state index in [9.17, 15) is 24.3 Å². The molecule has 0 aliphatic carbocycles. The Balaban J connectivity index is 2.42. The van der Waals surface area contributed by atoms with Gasteiger partial charge >= 0.3 is 12.1 Å². The minimum absolute atomic E-state index is 0.0198. The maximum absolute atomic E-state index is 11.7. The molecule has 0 heterocycles. The number of esters is 1. The van der Waals surface area contributed by atoms with E-state index in [0.717, 1.165) is 5.56 Å². The molecule has 0 saturated heterocycles. The molecule has 1 amide bonds. The van der Waals surface area contributed by atoms with E-state index >= 15 is 0 Å². The van der Waals surface area contributed by atoms with Crippen LogP contribution in [0.2, 0.25) is 0 Å². The lowest BCUT2D eigenvalue weighted by Gasteiger charge is -2.23. The minimum atomic E-state index is -1.89. The smallest absolute Gasteiger partial charge is 0.407 e. The summed E-state index contributed by atoms with van der Waals surface area (Å²) < 4.78 is 20.4. The standard InChI is InChI=1S/C16H19NO9/c18-7-12(25-10-20)15(22)13(8-19)26-14(21)6-17-16(23)24-9-11-4-2-1-3-5-11/h1-5,8,10,12-13,15,18,22H,6-7,9H2,(H,17,23)/t12-,13-,15-/m1/s1/i10D. The molecule has 10 heteroatoms. The quantitative estimate of drug-likeness (QED) is 0.265. The minimum Gasteiger partial charge on any atom is -0.459 e. The third kappa shape index (κ3) is 7.28. The number of nitrogens with one attached hydrogen (secondary N) is 1. The molecule has 3 N–H and O–H groups in total. The molecule has 3 atom stereocenters. The molecule has 0 saturated carbocycles. The topological polar surface area (TPSA) is 148 Å². The lowest BCUT2D eigenvalue weighted by molar-refractivity contribution is -0.168. The second kappa shape index (κ2) is 11.6. The molecular formula is C16H19NO9. The van der Waals surface area contributed by atoms with Crippen molar-refractivity contribution in [1.29, 1.82) is 0 Å². The number of aliphatic hydroxyl groups is 2. The number of hydrogen-bond acceptors (Lipinski definition) is 9. The molecule has 1 aromatic carbocycles. The molecule has 10 nitrogen and oxygen atoms in total. The van der Waals surface area contributed by atoms with Crippen LogP contribution in [0.4, 0.5) is 4.79 Å². The first-order valence-corrected chi connectivity index (χ1v) is 7.42. The van der Waals surface area contributed by atoms with Crippen molar-refractivity contribution in [3.05, 3.63) is 35.9 Å². The van der Waals surface area contributed by atoms with Crippen LogP contribution >= 0.6 is 0 Å². The largest absolute Gasteiger partial charge is 0.459 e. The van der Waals surface area contributed by atoms with E-state index in [2.05, 4.69) is 14.8 Å². The van der Waals surface area contributed by atoms with Gasteiger partial charge < -0.3 is 29.7 Å². The van der Waals surface area contributed by atoms with Crippen LogP contribution < -0.4 is 5.32 Å². The highest BCUT2D eigenvalue weighted by atomic mass is 16.6. The number of aliphatic hydroxyl groups excluding tert-OH is 2. The number of ether oxygens (including phenoxy) is 3. The van der Waals surface area contributed by atoms with Crippen molar-refractivity contribution < 1.29 is 45.0 Å². The summed E-state index contributed by atoms with van der Waals surface area (Å²) in [7, 11) is 0. The van der Waals surface area contributed by atoms with E-state index in [-0.39, 0.29) is 12.9 Å². The summed E-state index contributed by atoms with van der Waals surface area (Å²) in [4.78, 5) is 44.7. The molecule has 0 radical (unpaired) electrons. The van der Waals surface area contributed by atoms with Gasteiger partial charge in [-0.15, -0.1) is 0 Å². The van der Waals surface area contributed by atoms with Gasteiger partial charge in [0, 0.05) is 0 Å². The molecule has 1 aromatic rings. The average molecular weight is 370 g/mol. The van der Waals surface area contributed by atoms with E-state index in [1.54, 1.807) is 30.3 Å². The Labute approximate surface area is 150 Å². The molecular weight excluding hydrogens is 350 g/mol. The van der Waals surface area contributed by atoms with Gasteiger partial charge in [-0.1, -0.05) is 30.3 Å². The molecule has 26 heavy (non-hydrogen) atoms. The summed E-state index contributed by atoms with van der Waals surface area (Å²) in [5.41, 5.74) is 0.735. The Morgan fingerprint density at radius 3 is 2.54 bits per heavy atom. The van der Waals surface area contributed by atoms with Crippen LogP contribution in [0.15, 0.2) is 30.3 Å². The zero-order valence-corrected chi connectivity index (χ0v) is 13.6. The van der Waals surface area contributed by atoms with Gasteiger partial charge in [-0.05, 0) is 5.56 Å². The first kappa shape index (κ1) is 19.3. The van der Waals surface area contributed by atoms with Crippen molar-refractivity contribution in [2.75, 3.05) is 13.2 Å². The van der Waals surface area contributed by atoms with Gasteiger partial charge in [-0.25, -0.2) is 4.79 Å². The molecule has 0 spiro atoms. The maximum Gasteiger partial charge on any atom is 0.407 e. The van der Waals surface area contributed by atoms with E-state index < -0.39 is 50.0 Å². The van der Waals surface area contributed by atoms with Crippen molar-refractivity contribution in [1.82, 2.24) is 5.32 Å². The molecule has 0 fully saturated rings. The van der Waals surface area contributed by atoms with Gasteiger partial charge in [0.2, 0.25) is 0 Å². The van der Waals surface area contributed by atoms with Crippen LogP contribution in [0.3, 0.4) is 0 Å². The molecule has 0 aromatic heterocycles. The molecule has 0 aliphatic rings. The zero-order chi connectivity index (χ0) is 20.2. The van der Waals surface area contributed by atoms with Gasteiger partial charge in [0.25, 0.3) is 6.45 Å². The normalized spacial score (nSPS) is 14.2. The molecule has 0 aliphatic heterocycles. The van der Waals surface area contributed by atoms with Crippen LogP contribution in [0.25, 0.3) is 0 Å². The summed E-state index contributed by atoms with van der Waals surface area (Å²) in [6.45, 7) is -1.58. The van der Waals surface area contributed by atoms with Gasteiger partial charge in [-0.3, -0.25) is 14.4 Å². The second-order valence-corrected chi connectivity index (χ2v) is 4.92. The average Bonchev–Trinajstić information content (AvgIpc) is 2.67. The highest BCUT2D eigenvalue weighted by molar-refractivity contribution is 5.79. The second-order valence-electron chi connectivity index (χ2n) is 4.92. The number of aldehydes is 1. The monoisotopic (exact) mass is 370 g/mol. The van der Waals surface area contributed by atoms with Crippen molar-refractivity contribution in [3.8, 4) is 0 Å². The van der Waals surface area contributed by atoms with Gasteiger partial charge in [-0.2, -0.15) is 0 Å². The fraction of sp³-hybridized carbons (Fsp3) is 0.375. The lowest BCUT2D eigenvalue weighted by Crippen LogP contribution is -2.45. The van der Waals surface area contributed by atoms with Gasteiger partial charge in [0.15, 0.2) is 19.9 Å². The first-order chi connectivity index (χ1) is 12.9. The SMILES string of the molecule is [2H]C(=O)O[C@H](CO)[C@@H](O)[C@@H](C=O)OC(=O)CNC(=O)OCc1ccccc1. The van der Waals surface area contributed by atoms with E-state index in [4.69, 9.17) is 11.2 Å². The fourth-order valence-electron chi connectivity index (χ4n) is 1.78. The van der Waals surface area contributed by atoms with Crippen LogP contribution in [-0.4, -0.2) is 66.5 Å². The number of rotatable bonds is 10. The summed E-state index contributed by atoms with van der Waals surface area (Å²) in [6.07, 6.45) is -7.72. The fourth-order valence-corrected chi connectivity index (χ4v) is 1.78. The molecule has 0 bridgehead atoms. The van der Waals surface area contributed by atoms with Crippen molar-refractivity contribution in [3.63, 3.8) is 0 Å². The number of benzene rings is 1. The van der Waals surface area contributed by atoms with Crippen LogP contribution in [0.5, 0.6) is 0 Å². The summed E-state index contributed by atoms with van der Waals surface area (Å²) in [5.74, 6) is -1.09. The number of amides is 1. The molecule has 0 unspecified atom stereocenters. The summed E-state index contributed by atoms with van der Waals surface area (Å²) in [5, 5.41) is 20.9. The Bertz CT molecular complexity index is 640. The third-order valence-electron chi connectivity index (χ3n) is 3.09. The Morgan fingerprint density at radius 1 is 1.27 bits per heavy atom. The predicted molar refractivity (Wildman–Crippen MR) is 84.6 cm³/mol. The summed E-state index contributed by atoms with van der Waals surface area (Å²) >= 11 is 0. The van der Waals surface area contributed by atoms with Gasteiger partial charge in [0.05, 0.1) is 6.61 Å². The predicted octanol–water partition coefficient (Wildman–Crippen LogP) is -1.08. The number of alkyl carbamates (subject to hydrolysis) is 1. The van der Waals surface area contributed by atoms with Crippen LogP contribution in [0, 0.1) is 0 Å². The van der Waals surface area contributed by atoms with Crippen LogP contribution in [-0.2, 0) is 35.2 Å². The van der Waals surface area contributed by atoms with E-state index in [1.165, 1.54) is 0 Å². The van der Waals surface area contributed by atoms with Crippen LogP contribution in [0.1, 0.15) is 6.93 Å². The first-order valence-electron chi connectivity index (χ1n) is 7.92. The zero-order valence-electron chi connectivity index (χ0n) is 14.6. The number of hydrogen-bond donors (Lipinski definition) is 3. The molecule has 142 valence electrons. The van der Waals surface area contributed by atoms with Gasteiger partial charge in [0.1, 0.15) is 19.3 Å². The highest BCUT2D eigenvalue weighted by Gasteiger charge is 2.31. The maximum atomic E-state index is 11.7. The molecule has 1 rings (SSSR count).